The van der Waals surface area contributed by atoms with Gasteiger partial charge in [0.1, 0.15) is 19.3 Å². The summed E-state index contributed by atoms with van der Waals surface area (Å²) in [5.41, 5.74) is 0. The molecule has 552 valence electrons. The quantitative estimate of drug-likeness (QED) is 0.0222. The molecule has 19 heteroatoms. The summed E-state index contributed by atoms with van der Waals surface area (Å²) in [4.78, 5) is 72.6. The maximum Gasteiger partial charge on any atom is 0.472 e. The topological polar surface area (TPSA) is 237 Å². The number of aliphatic hydroxyl groups excluding tert-OH is 1. The smallest absolute Gasteiger partial charge is 0.462 e. The molecule has 2 unspecified atom stereocenters. The van der Waals surface area contributed by atoms with E-state index in [1.54, 1.807) is 0 Å². The maximum atomic E-state index is 13.1. The molecule has 0 bridgehead atoms. The van der Waals surface area contributed by atoms with Gasteiger partial charge in [-0.1, -0.05) is 330 Å². The van der Waals surface area contributed by atoms with Crippen LogP contribution in [-0.4, -0.2) is 96.7 Å². The first-order valence-electron chi connectivity index (χ1n) is 38.5. The molecule has 0 rings (SSSR count). The highest BCUT2D eigenvalue weighted by Gasteiger charge is 2.30. The Balaban J connectivity index is 5.19. The number of phosphoric acid groups is 2. The number of rotatable bonds is 73. The number of unbranched alkanes of at least 4 members (excludes halogenated alkanes) is 43. The van der Waals surface area contributed by atoms with Crippen LogP contribution in [0.3, 0.4) is 0 Å². The van der Waals surface area contributed by atoms with Crippen LogP contribution < -0.4 is 0 Å². The first kappa shape index (κ1) is 91.1. The van der Waals surface area contributed by atoms with E-state index in [0.29, 0.717) is 31.6 Å². The lowest BCUT2D eigenvalue weighted by molar-refractivity contribution is -0.161. The number of carbonyl (C=O) groups is 4. The molecule has 0 saturated carbocycles. The van der Waals surface area contributed by atoms with Crippen LogP contribution >= 0.6 is 15.6 Å². The van der Waals surface area contributed by atoms with Gasteiger partial charge in [0.15, 0.2) is 12.2 Å². The Hall–Kier alpha value is -1.94. The minimum absolute atomic E-state index is 0.106. The second-order valence-corrected chi connectivity index (χ2v) is 30.5. The van der Waals surface area contributed by atoms with E-state index in [2.05, 4.69) is 41.5 Å². The number of aliphatic hydroxyl groups is 1. The highest BCUT2D eigenvalue weighted by atomic mass is 31.2. The summed E-state index contributed by atoms with van der Waals surface area (Å²) in [5, 5.41) is 10.6. The lowest BCUT2D eigenvalue weighted by atomic mass is 10.0. The Bertz CT molecular complexity index is 1800. The lowest BCUT2D eigenvalue weighted by Crippen LogP contribution is -2.30. The van der Waals surface area contributed by atoms with Crippen molar-refractivity contribution in [2.24, 2.45) is 11.8 Å². The fourth-order valence-corrected chi connectivity index (χ4v) is 12.9. The third kappa shape index (κ3) is 68.4. The maximum absolute atomic E-state index is 13.1. The van der Waals surface area contributed by atoms with Gasteiger partial charge in [0.05, 0.1) is 26.4 Å². The first-order chi connectivity index (χ1) is 44.9. The van der Waals surface area contributed by atoms with Crippen LogP contribution in [0.5, 0.6) is 0 Å². The molecule has 0 fully saturated rings. The number of phosphoric ester groups is 2. The molecule has 0 aliphatic carbocycles. The summed E-state index contributed by atoms with van der Waals surface area (Å²) in [6, 6.07) is 0. The van der Waals surface area contributed by atoms with E-state index < -0.39 is 97.5 Å². The Morgan fingerprint density at radius 3 is 0.731 bits per heavy atom. The predicted octanol–water partition coefficient (Wildman–Crippen LogP) is 21.6. The largest absolute Gasteiger partial charge is 0.472 e. The third-order valence-corrected chi connectivity index (χ3v) is 19.1. The predicted molar refractivity (Wildman–Crippen MR) is 377 cm³/mol. The Morgan fingerprint density at radius 2 is 0.495 bits per heavy atom. The molecule has 0 heterocycles. The van der Waals surface area contributed by atoms with Gasteiger partial charge in [0.2, 0.25) is 0 Å². The molecular weight excluding hydrogens is 1220 g/mol. The minimum Gasteiger partial charge on any atom is -0.462 e. The third-order valence-electron chi connectivity index (χ3n) is 17.2. The van der Waals surface area contributed by atoms with Crippen LogP contribution in [0.25, 0.3) is 0 Å². The number of esters is 4. The fraction of sp³-hybridized carbons (Fsp3) is 0.946. The number of ether oxygens (including phenoxy) is 4. The van der Waals surface area contributed by atoms with Crippen LogP contribution in [0, 0.1) is 11.8 Å². The van der Waals surface area contributed by atoms with Crippen LogP contribution in [-0.2, 0) is 65.4 Å². The number of hydrogen-bond donors (Lipinski definition) is 3. The molecule has 0 aliphatic heterocycles. The van der Waals surface area contributed by atoms with Gasteiger partial charge in [-0.2, -0.15) is 0 Å². The zero-order chi connectivity index (χ0) is 68.6. The molecule has 5 atom stereocenters. The lowest BCUT2D eigenvalue weighted by Gasteiger charge is -2.21. The number of carbonyl (C=O) groups excluding carboxylic acids is 4. The summed E-state index contributed by atoms with van der Waals surface area (Å²) in [6.45, 7) is 9.48. The molecule has 0 aromatic rings. The molecular formula is C74H144O17P2. The van der Waals surface area contributed by atoms with Gasteiger partial charge in [0, 0.05) is 25.7 Å². The molecule has 93 heavy (non-hydrogen) atoms. The van der Waals surface area contributed by atoms with Crippen molar-refractivity contribution in [1.82, 2.24) is 0 Å². The van der Waals surface area contributed by atoms with Gasteiger partial charge in [-0.05, 0) is 37.5 Å². The van der Waals surface area contributed by atoms with Crippen molar-refractivity contribution in [3.8, 4) is 0 Å². The molecule has 0 aromatic heterocycles. The van der Waals surface area contributed by atoms with E-state index in [1.807, 2.05) is 0 Å². The summed E-state index contributed by atoms with van der Waals surface area (Å²) < 4.78 is 68.4. The summed E-state index contributed by atoms with van der Waals surface area (Å²) in [6.07, 6.45) is 52.9. The van der Waals surface area contributed by atoms with Crippen LogP contribution in [0.2, 0.25) is 0 Å². The monoisotopic (exact) mass is 1370 g/mol. The van der Waals surface area contributed by atoms with E-state index in [9.17, 15) is 43.2 Å². The average Bonchev–Trinajstić information content (AvgIpc) is 1.64. The molecule has 0 radical (unpaired) electrons. The van der Waals surface area contributed by atoms with Crippen LogP contribution in [0.4, 0.5) is 0 Å². The molecule has 3 N–H and O–H groups in total. The highest BCUT2D eigenvalue weighted by molar-refractivity contribution is 7.47. The number of hydrogen-bond acceptors (Lipinski definition) is 15. The standard InChI is InChI=1S/C74H144O17P2/c1-7-9-11-13-15-17-19-20-21-22-23-24-25-26-27-29-35-39-47-53-59-74(79)90-69(62-84-71(76)56-50-44-37-33-31-30-32-36-42-48-54-66(3)4)64-88-92(80,81)86-60-68(75)61-87-93(82,83)89-65-70(63-85-72(77)57-51-45-41-40-43-49-55-67(5)6)91-73(78)58-52-46-38-34-28-18-16-14-12-10-8-2/h66-70,75H,7-65H2,1-6H3,(H,80,81)(H,82,83)/t68-,69-,70-/m1/s1. The van der Waals surface area contributed by atoms with E-state index in [4.69, 9.17) is 37.0 Å². The summed E-state index contributed by atoms with van der Waals surface area (Å²) >= 11 is 0. The first-order valence-corrected chi connectivity index (χ1v) is 41.5. The molecule has 0 amide bonds. The van der Waals surface area contributed by atoms with Crippen LogP contribution in [0.15, 0.2) is 0 Å². The fourth-order valence-electron chi connectivity index (χ4n) is 11.3. The van der Waals surface area contributed by atoms with E-state index >= 15 is 0 Å². The molecule has 0 aliphatic rings. The highest BCUT2D eigenvalue weighted by Crippen LogP contribution is 2.45. The van der Waals surface area contributed by atoms with Gasteiger partial charge in [-0.25, -0.2) is 9.13 Å². The van der Waals surface area contributed by atoms with Gasteiger partial charge in [-0.15, -0.1) is 0 Å². The van der Waals surface area contributed by atoms with E-state index in [-0.39, 0.29) is 25.7 Å². The molecule has 17 nitrogen and oxygen atoms in total. The molecule has 0 saturated heterocycles. The van der Waals surface area contributed by atoms with Crippen molar-refractivity contribution < 1.29 is 80.2 Å². The van der Waals surface area contributed by atoms with Gasteiger partial charge >= 0.3 is 39.5 Å². The minimum atomic E-state index is -4.95. The van der Waals surface area contributed by atoms with Crippen molar-refractivity contribution in [2.75, 3.05) is 39.6 Å². The SMILES string of the molecule is CCCCCCCCCCCCCCCCCCCCCCC(=O)O[C@H](COC(=O)CCCCCCCCCCCCC(C)C)COP(=O)(O)OC[C@@H](O)COP(=O)(O)OC[C@@H](COC(=O)CCCCCCCCC(C)C)OC(=O)CCCCCCCCCCCCC. The van der Waals surface area contributed by atoms with Gasteiger partial charge in [0.25, 0.3) is 0 Å². The van der Waals surface area contributed by atoms with Crippen molar-refractivity contribution in [3.63, 3.8) is 0 Å². The van der Waals surface area contributed by atoms with Crippen molar-refractivity contribution in [1.29, 1.82) is 0 Å². The normalized spacial score (nSPS) is 14.1. The second-order valence-electron chi connectivity index (χ2n) is 27.6. The zero-order valence-corrected chi connectivity index (χ0v) is 62.3. The molecule has 0 aromatic carbocycles. The van der Waals surface area contributed by atoms with Crippen molar-refractivity contribution >= 4 is 39.5 Å². The van der Waals surface area contributed by atoms with Crippen molar-refractivity contribution in [3.05, 3.63) is 0 Å². The molecule has 0 spiro atoms. The second kappa shape index (κ2) is 66.0. The zero-order valence-electron chi connectivity index (χ0n) is 60.6. The van der Waals surface area contributed by atoms with Gasteiger partial charge < -0.3 is 33.8 Å². The summed E-state index contributed by atoms with van der Waals surface area (Å²) in [7, 11) is -9.90. The Labute approximate surface area is 568 Å². The van der Waals surface area contributed by atoms with E-state index in [1.165, 1.54) is 193 Å². The summed E-state index contributed by atoms with van der Waals surface area (Å²) in [5.74, 6) is -0.683. The van der Waals surface area contributed by atoms with Gasteiger partial charge in [-0.3, -0.25) is 37.3 Å². The van der Waals surface area contributed by atoms with Crippen LogP contribution in [0.1, 0.15) is 382 Å². The average molecular weight is 1370 g/mol. The Kier molecular flexibility index (Phi) is 64.6. The van der Waals surface area contributed by atoms with Crippen molar-refractivity contribution in [2.45, 2.75) is 400 Å². The Morgan fingerprint density at radius 1 is 0.290 bits per heavy atom. The van der Waals surface area contributed by atoms with E-state index in [0.717, 1.165) is 102 Å².